The normalized spacial score (nSPS) is 24.4. The summed E-state index contributed by atoms with van der Waals surface area (Å²) in [6, 6.07) is 9.24. The van der Waals surface area contributed by atoms with E-state index in [0.29, 0.717) is 18.3 Å². The Morgan fingerprint density at radius 3 is 2.83 bits per heavy atom. The number of H-pyrrole nitrogens is 1. The zero-order chi connectivity index (χ0) is 20.1. The van der Waals surface area contributed by atoms with Crippen LogP contribution in [0.25, 0.3) is 11.0 Å². The number of hydrogen-bond acceptors (Lipinski definition) is 5. The number of aromatic nitrogens is 2. The maximum absolute atomic E-state index is 13.9. The number of aromatic amines is 1. The molecule has 3 aromatic rings. The first kappa shape index (κ1) is 18.2. The Morgan fingerprint density at radius 1 is 1.13 bits per heavy atom. The van der Waals surface area contributed by atoms with Crippen molar-refractivity contribution in [3.63, 3.8) is 0 Å². The van der Waals surface area contributed by atoms with Crippen LogP contribution < -0.4 is 10.1 Å². The Balaban J connectivity index is 1.39. The van der Waals surface area contributed by atoms with E-state index in [1.54, 1.807) is 0 Å². The van der Waals surface area contributed by atoms with Crippen molar-refractivity contribution in [2.75, 3.05) is 38.2 Å². The van der Waals surface area contributed by atoms with Gasteiger partial charge in [-0.3, -0.25) is 4.90 Å². The van der Waals surface area contributed by atoms with Gasteiger partial charge in [-0.2, -0.15) is 0 Å². The van der Waals surface area contributed by atoms with E-state index < -0.39 is 0 Å². The molecular formula is C23H25FN4O2. The number of ether oxygens (including phenoxy) is 2. The SMILES string of the molecule is Fc1ccc2c(c1)OC[C@H](N1CCOCC1)[C@H]2Nc1ccnc2[nH]c(C3CC3)cc12. The summed E-state index contributed by atoms with van der Waals surface area (Å²) >= 11 is 0. The van der Waals surface area contributed by atoms with Gasteiger partial charge >= 0.3 is 0 Å². The minimum Gasteiger partial charge on any atom is -0.491 e. The number of fused-ring (bicyclic) bond motifs is 2. The second-order valence-corrected chi connectivity index (χ2v) is 8.45. The van der Waals surface area contributed by atoms with Crippen molar-refractivity contribution >= 4 is 16.7 Å². The number of nitrogens with zero attached hydrogens (tertiary/aromatic N) is 2. The minimum atomic E-state index is -0.275. The maximum Gasteiger partial charge on any atom is 0.139 e. The Hall–Kier alpha value is -2.64. The first-order chi connectivity index (χ1) is 14.8. The van der Waals surface area contributed by atoms with E-state index in [1.165, 1.54) is 30.7 Å². The van der Waals surface area contributed by atoms with Gasteiger partial charge in [-0.25, -0.2) is 9.37 Å². The Kier molecular flexibility index (Phi) is 4.39. The monoisotopic (exact) mass is 408 g/mol. The molecule has 30 heavy (non-hydrogen) atoms. The van der Waals surface area contributed by atoms with E-state index in [-0.39, 0.29) is 17.9 Å². The number of pyridine rings is 1. The summed E-state index contributed by atoms with van der Waals surface area (Å²) < 4.78 is 25.4. The number of benzene rings is 1. The van der Waals surface area contributed by atoms with Crippen LogP contribution in [0.2, 0.25) is 0 Å². The molecule has 1 saturated carbocycles. The van der Waals surface area contributed by atoms with Gasteiger partial charge in [0.2, 0.25) is 0 Å². The Bertz CT molecular complexity index is 1070. The molecule has 3 aliphatic rings. The molecule has 2 N–H and O–H groups in total. The summed E-state index contributed by atoms with van der Waals surface area (Å²) in [4.78, 5) is 10.4. The highest BCUT2D eigenvalue weighted by Gasteiger charge is 2.36. The third kappa shape index (κ3) is 3.22. The van der Waals surface area contributed by atoms with Crippen LogP contribution in [0, 0.1) is 5.82 Å². The third-order valence-corrected chi connectivity index (χ3v) is 6.50. The number of morpholine rings is 1. The highest BCUT2D eigenvalue weighted by atomic mass is 19.1. The topological polar surface area (TPSA) is 62.4 Å². The fourth-order valence-electron chi connectivity index (χ4n) is 4.72. The van der Waals surface area contributed by atoms with Gasteiger partial charge in [-0.15, -0.1) is 0 Å². The number of anilines is 1. The summed E-state index contributed by atoms with van der Waals surface area (Å²) in [5.74, 6) is 0.985. The summed E-state index contributed by atoms with van der Waals surface area (Å²) in [5, 5.41) is 4.88. The van der Waals surface area contributed by atoms with Gasteiger partial charge in [0.1, 0.15) is 23.8 Å². The fraction of sp³-hybridized carbons (Fsp3) is 0.435. The lowest BCUT2D eigenvalue weighted by Crippen LogP contribution is -2.52. The van der Waals surface area contributed by atoms with Crippen molar-refractivity contribution < 1.29 is 13.9 Å². The smallest absolute Gasteiger partial charge is 0.139 e. The van der Waals surface area contributed by atoms with Crippen molar-refractivity contribution in [2.45, 2.75) is 30.8 Å². The van der Waals surface area contributed by atoms with E-state index in [0.717, 1.165) is 48.6 Å². The average molecular weight is 408 g/mol. The molecule has 0 radical (unpaired) electrons. The molecule has 0 unspecified atom stereocenters. The molecule has 4 heterocycles. The lowest BCUT2D eigenvalue weighted by molar-refractivity contribution is -0.00344. The predicted octanol–water partition coefficient (Wildman–Crippen LogP) is 3.83. The van der Waals surface area contributed by atoms with Gasteiger partial charge in [0.05, 0.1) is 25.3 Å². The number of nitrogens with one attached hydrogen (secondary N) is 2. The number of halogens is 1. The summed E-state index contributed by atoms with van der Waals surface area (Å²) in [6.45, 7) is 3.70. The fourth-order valence-corrected chi connectivity index (χ4v) is 4.72. The van der Waals surface area contributed by atoms with Gasteiger partial charge < -0.3 is 19.8 Å². The van der Waals surface area contributed by atoms with Crippen molar-refractivity contribution in [1.82, 2.24) is 14.9 Å². The van der Waals surface area contributed by atoms with Gasteiger partial charge in [-0.05, 0) is 37.0 Å². The maximum atomic E-state index is 13.9. The van der Waals surface area contributed by atoms with E-state index in [2.05, 4.69) is 26.3 Å². The van der Waals surface area contributed by atoms with Gasteiger partial charge in [0.25, 0.3) is 0 Å². The van der Waals surface area contributed by atoms with E-state index >= 15 is 0 Å². The molecule has 0 spiro atoms. The Morgan fingerprint density at radius 2 is 2.00 bits per heavy atom. The minimum absolute atomic E-state index is 0.0164. The van der Waals surface area contributed by atoms with E-state index in [1.807, 2.05) is 18.3 Å². The molecule has 2 aromatic heterocycles. The van der Waals surface area contributed by atoms with Gasteiger partial charge in [0.15, 0.2) is 0 Å². The molecule has 1 aromatic carbocycles. The van der Waals surface area contributed by atoms with Crippen molar-refractivity contribution in [3.05, 3.63) is 53.6 Å². The molecule has 2 fully saturated rings. The van der Waals surface area contributed by atoms with E-state index in [9.17, 15) is 4.39 Å². The first-order valence-corrected chi connectivity index (χ1v) is 10.7. The molecule has 156 valence electrons. The highest BCUT2D eigenvalue weighted by Crippen LogP contribution is 2.42. The second-order valence-electron chi connectivity index (χ2n) is 8.45. The lowest BCUT2D eigenvalue weighted by atomic mass is 9.94. The molecule has 7 heteroatoms. The number of rotatable bonds is 4. The largest absolute Gasteiger partial charge is 0.491 e. The van der Waals surface area contributed by atoms with Crippen LogP contribution in [0.5, 0.6) is 5.75 Å². The van der Waals surface area contributed by atoms with Crippen LogP contribution in [0.4, 0.5) is 10.1 Å². The quantitative estimate of drug-likeness (QED) is 0.687. The van der Waals surface area contributed by atoms with Gasteiger partial charge in [0, 0.05) is 47.7 Å². The highest BCUT2D eigenvalue weighted by molar-refractivity contribution is 5.90. The zero-order valence-corrected chi connectivity index (χ0v) is 16.7. The van der Waals surface area contributed by atoms with Crippen LogP contribution in [0.1, 0.15) is 36.1 Å². The van der Waals surface area contributed by atoms with Crippen molar-refractivity contribution in [2.24, 2.45) is 0 Å². The van der Waals surface area contributed by atoms with E-state index in [4.69, 9.17) is 9.47 Å². The predicted molar refractivity (Wildman–Crippen MR) is 113 cm³/mol. The molecule has 1 saturated heterocycles. The lowest BCUT2D eigenvalue weighted by Gasteiger charge is -2.42. The summed E-state index contributed by atoms with van der Waals surface area (Å²) in [5.41, 5.74) is 4.22. The Labute approximate surface area is 174 Å². The third-order valence-electron chi connectivity index (χ3n) is 6.50. The number of hydrogen-bond donors (Lipinski definition) is 2. The first-order valence-electron chi connectivity index (χ1n) is 10.7. The van der Waals surface area contributed by atoms with Crippen molar-refractivity contribution in [3.8, 4) is 5.75 Å². The standard InChI is InChI=1S/C23H25FN4O2/c24-15-3-4-16-21(11-15)30-13-20(28-7-9-29-10-8-28)22(16)26-18-5-6-25-23-17(18)12-19(27-23)14-1-2-14/h3-6,11-12,14,20,22H,1-2,7-10,13H2,(H2,25,26,27)/t20-,22-/m0/s1. The van der Waals surface area contributed by atoms with Gasteiger partial charge in [-0.1, -0.05) is 6.07 Å². The molecule has 6 rings (SSSR count). The molecule has 2 atom stereocenters. The molecule has 0 amide bonds. The second kappa shape index (κ2) is 7.25. The zero-order valence-electron chi connectivity index (χ0n) is 16.7. The van der Waals surface area contributed by atoms with Crippen LogP contribution in [-0.4, -0.2) is 53.8 Å². The molecule has 2 aliphatic heterocycles. The average Bonchev–Trinajstić information content (AvgIpc) is 3.53. The summed E-state index contributed by atoms with van der Waals surface area (Å²) in [7, 11) is 0. The van der Waals surface area contributed by atoms with Crippen LogP contribution in [-0.2, 0) is 4.74 Å². The van der Waals surface area contributed by atoms with Crippen LogP contribution in [0.3, 0.4) is 0 Å². The van der Waals surface area contributed by atoms with Crippen molar-refractivity contribution in [1.29, 1.82) is 0 Å². The van der Waals surface area contributed by atoms with Crippen LogP contribution >= 0.6 is 0 Å². The van der Waals surface area contributed by atoms with Crippen LogP contribution in [0.15, 0.2) is 36.5 Å². The molecular weight excluding hydrogens is 383 g/mol. The molecule has 1 aliphatic carbocycles. The molecule has 6 nitrogen and oxygen atoms in total. The molecule has 0 bridgehead atoms. The summed E-state index contributed by atoms with van der Waals surface area (Å²) in [6.07, 6.45) is 4.33.